The van der Waals surface area contributed by atoms with Gasteiger partial charge in [0.15, 0.2) is 11.5 Å². The van der Waals surface area contributed by atoms with Crippen LogP contribution in [0, 0.1) is 0 Å². The molecule has 0 saturated carbocycles. The number of aromatic nitrogens is 4. The molecule has 25 heavy (non-hydrogen) atoms. The number of carbonyl (C=O) groups excluding carboxylic acids is 1. The molecule has 0 spiro atoms. The van der Waals surface area contributed by atoms with E-state index in [-0.39, 0.29) is 12.5 Å². The highest BCUT2D eigenvalue weighted by Crippen LogP contribution is 2.28. The van der Waals surface area contributed by atoms with Gasteiger partial charge >= 0.3 is 0 Å². The van der Waals surface area contributed by atoms with Gasteiger partial charge in [0.2, 0.25) is 5.91 Å². The predicted molar refractivity (Wildman–Crippen MR) is 97.0 cm³/mol. The lowest BCUT2D eigenvalue weighted by Gasteiger charge is -2.09. The molecule has 10 heteroatoms. The van der Waals surface area contributed by atoms with E-state index in [1.54, 1.807) is 12.1 Å². The lowest BCUT2D eigenvalue weighted by molar-refractivity contribution is -0.119. The Hall–Kier alpha value is -2.91. The highest BCUT2D eigenvalue weighted by molar-refractivity contribution is 6.30. The van der Waals surface area contributed by atoms with Crippen LogP contribution in [0.4, 0.5) is 17.3 Å². The fraction of sp³-hybridized carbons (Fsp3) is 0.200. The quantitative estimate of drug-likeness (QED) is 0.400. The number of halogens is 1. The maximum absolute atomic E-state index is 11.1. The van der Waals surface area contributed by atoms with Gasteiger partial charge in [-0.3, -0.25) is 9.89 Å². The molecule has 0 fully saturated rings. The van der Waals surface area contributed by atoms with Crippen molar-refractivity contribution in [2.75, 3.05) is 30.3 Å². The number of nitrogens with zero attached hydrogens (tertiary/aromatic N) is 3. The van der Waals surface area contributed by atoms with Crippen LogP contribution in [0.15, 0.2) is 30.6 Å². The van der Waals surface area contributed by atoms with Crippen LogP contribution in [0.1, 0.15) is 0 Å². The van der Waals surface area contributed by atoms with Gasteiger partial charge in [-0.1, -0.05) is 17.7 Å². The Kier molecular flexibility index (Phi) is 5.26. The van der Waals surface area contributed by atoms with Crippen molar-refractivity contribution in [1.29, 1.82) is 0 Å². The topological polar surface area (TPSA) is 134 Å². The fourth-order valence-electron chi connectivity index (χ4n) is 2.24. The Labute approximate surface area is 148 Å². The summed E-state index contributed by atoms with van der Waals surface area (Å²) in [5.41, 5.74) is 6.63. The Balaban J connectivity index is 1.77. The third-order valence-corrected chi connectivity index (χ3v) is 3.61. The van der Waals surface area contributed by atoms with E-state index in [0.29, 0.717) is 40.8 Å². The van der Waals surface area contributed by atoms with Gasteiger partial charge in [0.1, 0.15) is 17.5 Å². The number of hydrogen-bond donors (Lipinski definition) is 5. The fourth-order valence-corrected chi connectivity index (χ4v) is 2.43. The molecule has 0 unspecified atom stereocenters. The monoisotopic (exact) mass is 360 g/mol. The number of hydrogen-bond acceptors (Lipinski definition) is 7. The van der Waals surface area contributed by atoms with Gasteiger partial charge in [-0.05, 0) is 18.2 Å². The molecule has 0 aliphatic carbocycles. The molecule has 130 valence electrons. The third-order valence-electron chi connectivity index (χ3n) is 3.37. The van der Waals surface area contributed by atoms with E-state index in [2.05, 4.69) is 36.1 Å². The second-order valence-corrected chi connectivity index (χ2v) is 5.57. The zero-order chi connectivity index (χ0) is 17.6. The smallest absolute Gasteiger partial charge is 0.233 e. The van der Waals surface area contributed by atoms with Crippen molar-refractivity contribution < 1.29 is 4.79 Å². The lowest BCUT2D eigenvalue weighted by atomic mass is 10.3. The first-order chi connectivity index (χ1) is 12.2. The van der Waals surface area contributed by atoms with Crippen molar-refractivity contribution in [3.8, 4) is 0 Å². The standard InChI is InChI=1S/C15H17ClN8O/c16-9-2-1-3-10(6-9)22-13-12-14(19-5-4-18-11(25)7-17)23-24-15(12)21-8-20-13/h1-3,6,8H,4-5,7,17H2,(H,18,25)(H3,19,20,21,22,23,24). The van der Waals surface area contributed by atoms with Gasteiger partial charge in [0.25, 0.3) is 0 Å². The molecule has 1 aromatic carbocycles. The number of benzene rings is 1. The summed E-state index contributed by atoms with van der Waals surface area (Å²) in [7, 11) is 0. The summed E-state index contributed by atoms with van der Waals surface area (Å²) in [5, 5.41) is 17.4. The summed E-state index contributed by atoms with van der Waals surface area (Å²) < 4.78 is 0. The van der Waals surface area contributed by atoms with E-state index in [0.717, 1.165) is 5.69 Å². The van der Waals surface area contributed by atoms with Crippen molar-refractivity contribution in [3.05, 3.63) is 35.6 Å². The molecule has 2 aromatic heterocycles. The molecule has 0 bridgehead atoms. The normalized spacial score (nSPS) is 10.6. The first kappa shape index (κ1) is 16.9. The van der Waals surface area contributed by atoms with Crippen LogP contribution in [0.2, 0.25) is 5.02 Å². The molecular weight excluding hydrogens is 344 g/mol. The SMILES string of the molecule is NCC(=O)NCCNc1n[nH]c2ncnc(Nc3cccc(Cl)c3)c12. The van der Waals surface area contributed by atoms with Crippen LogP contribution in [-0.2, 0) is 4.79 Å². The van der Waals surface area contributed by atoms with Crippen molar-refractivity contribution in [2.45, 2.75) is 0 Å². The Bertz CT molecular complexity index is 881. The summed E-state index contributed by atoms with van der Waals surface area (Å²) in [4.78, 5) is 19.6. The van der Waals surface area contributed by atoms with Crippen molar-refractivity contribution in [2.24, 2.45) is 5.73 Å². The number of amides is 1. The zero-order valence-corrected chi connectivity index (χ0v) is 14.0. The van der Waals surface area contributed by atoms with Gasteiger partial charge in [-0.25, -0.2) is 9.97 Å². The third kappa shape index (κ3) is 4.14. The van der Waals surface area contributed by atoms with Gasteiger partial charge < -0.3 is 21.7 Å². The van der Waals surface area contributed by atoms with Gasteiger partial charge in [-0.2, -0.15) is 5.10 Å². The van der Waals surface area contributed by atoms with Crippen LogP contribution < -0.4 is 21.7 Å². The van der Waals surface area contributed by atoms with E-state index < -0.39 is 0 Å². The van der Waals surface area contributed by atoms with Crippen molar-refractivity contribution >= 4 is 45.9 Å². The predicted octanol–water partition coefficient (Wildman–Crippen LogP) is 1.24. The molecule has 9 nitrogen and oxygen atoms in total. The van der Waals surface area contributed by atoms with E-state index in [1.165, 1.54) is 6.33 Å². The Morgan fingerprint density at radius 3 is 2.92 bits per heavy atom. The van der Waals surface area contributed by atoms with Gasteiger partial charge in [-0.15, -0.1) is 0 Å². The largest absolute Gasteiger partial charge is 0.366 e. The van der Waals surface area contributed by atoms with Crippen molar-refractivity contribution in [3.63, 3.8) is 0 Å². The minimum absolute atomic E-state index is 0.0348. The van der Waals surface area contributed by atoms with Crippen LogP contribution in [0.5, 0.6) is 0 Å². The minimum Gasteiger partial charge on any atom is -0.366 e. The van der Waals surface area contributed by atoms with Crippen molar-refractivity contribution in [1.82, 2.24) is 25.5 Å². The molecule has 3 rings (SSSR count). The Morgan fingerprint density at radius 2 is 2.12 bits per heavy atom. The Morgan fingerprint density at radius 1 is 1.24 bits per heavy atom. The molecule has 6 N–H and O–H groups in total. The summed E-state index contributed by atoms with van der Waals surface area (Å²) in [5.74, 6) is 0.969. The molecule has 0 saturated heterocycles. The second kappa shape index (κ2) is 7.77. The number of carbonyl (C=O) groups is 1. The number of aromatic amines is 1. The van der Waals surface area contributed by atoms with Crippen LogP contribution in [-0.4, -0.2) is 45.7 Å². The highest BCUT2D eigenvalue weighted by Gasteiger charge is 2.13. The first-order valence-electron chi connectivity index (χ1n) is 7.59. The summed E-state index contributed by atoms with van der Waals surface area (Å²) >= 11 is 6.01. The average molecular weight is 361 g/mol. The molecule has 0 aliphatic rings. The molecule has 0 aliphatic heterocycles. The van der Waals surface area contributed by atoms with E-state index in [4.69, 9.17) is 17.3 Å². The zero-order valence-electron chi connectivity index (χ0n) is 13.2. The van der Waals surface area contributed by atoms with E-state index in [1.807, 2.05) is 12.1 Å². The molecule has 0 atom stereocenters. The van der Waals surface area contributed by atoms with Crippen LogP contribution in [0.3, 0.4) is 0 Å². The lowest BCUT2D eigenvalue weighted by Crippen LogP contribution is -2.33. The van der Waals surface area contributed by atoms with Gasteiger partial charge in [0.05, 0.1) is 6.54 Å². The average Bonchev–Trinajstić information content (AvgIpc) is 3.03. The van der Waals surface area contributed by atoms with Crippen LogP contribution in [0.25, 0.3) is 11.0 Å². The van der Waals surface area contributed by atoms with Gasteiger partial charge in [0, 0.05) is 23.8 Å². The maximum Gasteiger partial charge on any atom is 0.233 e. The second-order valence-electron chi connectivity index (χ2n) is 5.13. The summed E-state index contributed by atoms with van der Waals surface area (Å²) in [6.07, 6.45) is 1.44. The number of nitrogens with two attached hydrogens (primary N) is 1. The number of anilines is 3. The number of rotatable bonds is 7. The molecule has 0 radical (unpaired) electrons. The summed E-state index contributed by atoms with van der Waals surface area (Å²) in [6.45, 7) is 0.874. The maximum atomic E-state index is 11.1. The first-order valence-corrected chi connectivity index (χ1v) is 7.97. The van der Waals surface area contributed by atoms with Crippen LogP contribution >= 0.6 is 11.6 Å². The molecular formula is C15H17ClN8O. The number of fused-ring (bicyclic) bond motifs is 1. The summed E-state index contributed by atoms with van der Waals surface area (Å²) in [6, 6.07) is 7.32. The number of H-pyrrole nitrogens is 1. The molecule has 3 aromatic rings. The van der Waals surface area contributed by atoms with E-state index >= 15 is 0 Å². The highest BCUT2D eigenvalue weighted by atomic mass is 35.5. The molecule has 1 amide bonds. The molecule has 2 heterocycles. The number of nitrogens with one attached hydrogen (secondary N) is 4. The minimum atomic E-state index is -0.208. The van der Waals surface area contributed by atoms with E-state index in [9.17, 15) is 4.79 Å².